The maximum Gasteiger partial charge on any atom is 0.230 e. The standard InChI is InChI=1S/C15H29N3O.2ClH/c1-3-15(4-2,11-16)14(19)18-7-5-12-9-17-10-13(12)6-8-18;;/h12-13,17H,3-11,16H2,1-2H3;2*1H/t12-,13+;;. The average molecular weight is 340 g/mol. The molecule has 0 bridgehead atoms. The second-order valence-corrected chi connectivity index (χ2v) is 6.24. The molecule has 2 aliphatic rings. The Hall–Kier alpha value is -0.0300. The van der Waals surface area contributed by atoms with E-state index in [0.717, 1.165) is 63.7 Å². The van der Waals surface area contributed by atoms with Crippen LogP contribution in [0, 0.1) is 17.3 Å². The Kier molecular flexibility index (Phi) is 9.17. The Balaban J connectivity index is 0.00000200. The highest BCUT2D eigenvalue weighted by atomic mass is 35.5. The van der Waals surface area contributed by atoms with Crippen LogP contribution in [0.4, 0.5) is 0 Å². The third-order valence-electron chi connectivity index (χ3n) is 5.50. The highest BCUT2D eigenvalue weighted by Gasteiger charge is 2.39. The van der Waals surface area contributed by atoms with Gasteiger partial charge in [0.25, 0.3) is 0 Å². The highest BCUT2D eigenvalue weighted by molar-refractivity contribution is 5.85. The quantitative estimate of drug-likeness (QED) is 0.824. The molecule has 0 unspecified atom stereocenters. The first-order chi connectivity index (χ1) is 9.16. The van der Waals surface area contributed by atoms with Crippen molar-refractivity contribution in [2.24, 2.45) is 23.0 Å². The maximum atomic E-state index is 12.8. The van der Waals surface area contributed by atoms with E-state index in [1.165, 1.54) is 0 Å². The number of carbonyl (C=O) groups is 1. The molecule has 0 spiro atoms. The molecule has 2 atom stereocenters. The minimum absolute atomic E-state index is 0. The number of amides is 1. The summed E-state index contributed by atoms with van der Waals surface area (Å²) in [5.41, 5.74) is 5.59. The second-order valence-electron chi connectivity index (χ2n) is 6.24. The SMILES string of the molecule is CCC(CC)(CN)C(=O)N1CC[C@@H]2CNC[C@@H]2CC1.Cl.Cl. The summed E-state index contributed by atoms with van der Waals surface area (Å²) in [5.74, 6) is 1.84. The molecular formula is C15H31Cl2N3O. The molecule has 21 heavy (non-hydrogen) atoms. The number of carbonyl (C=O) groups excluding carboxylic acids is 1. The summed E-state index contributed by atoms with van der Waals surface area (Å²) >= 11 is 0. The van der Waals surface area contributed by atoms with Crippen LogP contribution in [0.25, 0.3) is 0 Å². The van der Waals surface area contributed by atoms with Crippen molar-refractivity contribution in [3.63, 3.8) is 0 Å². The Morgan fingerprint density at radius 3 is 2.00 bits per heavy atom. The number of halogens is 2. The van der Waals surface area contributed by atoms with E-state index in [1.54, 1.807) is 0 Å². The van der Waals surface area contributed by atoms with E-state index in [4.69, 9.17) is 5.73 Å². The van der Waals surface area contributed by atoms with Gasteiger partial charge in [-0.2, -0.15) is 0 Å². The van der Waals surface area contributed by atoms with Crippen LogP contribution in [-0.4, -0.2) is 43.5 Å². The van der Waals surface area contributed by atoms with Crippen molar-refractivity contribution in [1.29, 1.82) is 0 Å². The van der Waals surface area contributed by atoms with Gasteiger partial charge in [-0.15, -0.1) is 24.8 Å². The number of likely N-dealkylation sites (tertiary alicyclic amines) is 1. The van der Waals surface area contributed by atoms with Gasteiger partial charge in [-0.1, -0.05) is 13.8 Å². The van der Waals surface area contributed by atoms with E-state index >= 15 is 0 Å². The predicted molar refractivity (Wildman–Crippen MR) is 92.2 cm³/mol. The van der Waals surface area contributed by atoms with E-state index < -0.39 is 0 Å². The third kappa shape index (κ3) is 4.25. The molecular weight excluding hydrogens is 309 g/mol. The van der Waals surface area contributed by atoms with Gasteiger partial charge in [0.1, 0.15) is 0 Å². The van der Waals surface area contributed by atoms with Crippen molar-refractivity contribution in [3.05, 3.63) is 0 Å². The average Bonchev–Trinajstić information content (AvgIpc) is 2.80. The zero-order chi connectivity index (χ0) is 13.9. The van der Waals surface area contributed by atoms with Crippen LogP contribution in [0.5, 0.6) is 0 Å². The molecule has 2 fully saturated rings. The van der Waals surface area contributed by atoms with E-state index in [0.29, 0.717) is 12.5 Å². The van der Waals surface area contributed by atoms with Gasteiger partial charge < -0.3 is 16.0 Å². The van der Waals surface area contributed by atoms with Crippen LogP contribution in [-0.2, 0) is 4.79 Å². The minimum atomic E-state index is -0.322. The Bertz CT molecular complexity index is 302. The molecule has 0 aromatic heterocycles. The van der Waals surface area contributed by atoms with Gasteiger partial charge in [0.05, 0.1) is 5.41 Å². The van der Waals surface area contributed by atoms with Crippen molar-refractivity contribution >= 4 is 30.7 Å². The van der Waals surface area contributed by atoms with Crippen molar-refractivity contribution in [1.82, 2.24) is 10.2 Å². The maximum absolute atomic E-state index is 12.8. The number of nitrogens with two attached hydrogens (primary N) is 1. The Labute approximate surface area is 141 Å². The van der Waals surface area contributed by atoms with Gasteiger partial charge in [0, 0.05) is 19.6 Å². The summed E-state index contributed by atoms with van der Waals surface area (Å²) in [6.07, 6.45) is 4.00. The monoisotopic (exact) mass is 339 g/mol. The molecule has 2 heterocycles. The fourth-order valence-corrected chi connectivity index (χ4v) is 3.69. The topological polar surface area (TPSA) is 58.4 Å². The van der Waals surface area contributed by atoms with Crippen LogP contribution in [0.3, 0.4) is 0 Å². The smallest absolute Gasteiger partial charge is 0.230 e. The molecule has 0 aromatic rings. The molecule has 126 valence electrons. The molecule has 0 saturated carbocycles. The van der Waals surface area contributed by atoms with Crippen molar-refractivity contribution in [2.45, 2.75) is 39.5 Å². The molecule has 2 aliphatic heterocycles. The summed E-state index contributed by atoms with van der Waals surface area (Å²) in [7, 11) is 0. The summed E-state index contributed by atoms with van der Waals surface area (Å²) in [6.45, 7) is 8.76. The van der Waals surface area contributed by atoms with E-state index in [2.05, 4.69) is 24.1 Å². The predicted octanol–water partition coefficient (Wildman–Crippen LogP) is 2.05. The number of nitrogens with zero attached hydrogens (tertiary/aromatic N) is 1. The largest absolute Gasteiger partial charge is 0.342 e. The molecule has 3 N–H and O–H groups in total. The van der Waals surface area contributed by atoms with Crippen molar-refractivity contribution in [3.8, 4) is 0 Å². The molecule has 0 radical (unpaired) electrons. The summed E-state index contributed by atoms with van der Waals surface area (Å²) in [6, 6.07) is 0. The summed E-state index contributed by atoms with van der Waals surface area (Å²) in [4.78, 5) is 14.9. The first kappa shape index (κ1) is 21.0. The van der Waals surface area contributed by atoms with Gasteiger partial charge in [0.2, 0.25) is 5.91 Å². The second kappa shape index (κ2) is 9.19. The van der Waals surface area contributed by atoms with Crippen LogP contribution in [0.15, 0.2) is 0 Å². The fourth-order valence-electron chi connectivity index (χ4n) is 3.69. The van der Waals surface area contributed by atoms with E-state index in [1.807, 2.05) is 0 Å². The molecule has 0 aromatic carbocycles. The lowest BCUT2D eigenvalue weighted by atomic mass is 9.81. The van der Waals surface area contributed by atoms with Gasteiger partial charge in [-0.05, 0) is 50.6 Å². The van der Waals surface area contributed by atoms with Gasteiger partial charge in [-0.3, -0.25) is 4.79 Å². The Morgan fingerprint density at radius 1 is 1.14 bits per heavy atom. The Morgan fingerprint density at radius 2 is 1.62 bits per heavy atom. The first-order valence-electron chi connectivity index (χ1n) is 7.87. The van der Waals surface area contributed by atoms with Crippen LogP contribution >= 0.6 is 24.8 Å². The van der Waals surface area contributed by atoms with Gasteiger partial charge in [0.15, 0.2) is 0 Å². The summed E-state index contributed by atoms with van der Waals surface area (Å²) in [5, 5.41) is 3.48. The zero-order valence-electron chi connectivity index (χ0n) is 13.3. The molecule has 2 saturated heterocycles. The first-order valence-corrected chi connectivity index (χ1v) is 7.87. The zero-order valence-corrected chi connectivity index (χ0v) is 14.9. The molecule has 6 heteroatoms. The number of rotatable bonds is 4. The van der Waals surface area contributed by atoms with Crippen molar-refractivity contribution in [2.75, 3.05) is 32.7 Å². The fraction of sp³-hybridized carbons (Fsp3) is 0.933. The summed E-state index contributed by atoms with van der Waals surface area (Å²) < 4.78 is 0. The van der Waals surface area contributed by atoms with Crippen LogP contribution < -0.4 is 11.1 Å². The lowest BCUT2D eigenvalue weighted by Gasteiger charge is -2.35. The van der Waals surface area contributed by atoms with Crippen LogP contribution in [0.1, 0.15) is 39.5 Å². The number of hydrogen-bond donors (Lipinski definition) is 2. The highest BCUT2D eigenvalue weighted by Crippen LogP contribution is 2.32. The van der Waals surface area contributed by atoms with Gasteiger partial charge >= 0.3 is 0 Å². The van der Waals surface area contributed by atoms with E-state index in [-0.39, 0.29) is 30.2 Å². The lowest BCUT2D eigenvalue weighted by molar-refractivity contribution is -0.142. The molecule has 0 aliphatic carbocycles. The van der Waals surface area contributed by atoms with E-state index in [9.17, 15) is 4.79 Å². The number of fused-ring (bicyclic) bond motifs is 1. The van der Waals surface area contributed by atoms with Gasteiger partial charge in [-0.25, -0.2) is 0 Å². The number of nitrogens with one attached hydrogen (secondary N) is 1. The third-order valence-corrected chi connectivity index (χ3v) is 5.50. The lowest BCUT2D eigenvalue weighted by Crippen LogP contribution is -2.48. The van der Waals surface area contributed by atoms with Crippen molar-refractivity contribution < 1.29 is 4.79 Å². The molecule has 4 nitrogen and oxygen atoms in total. The van der Waals surface area contributed by atoms with Crippen LogP contribution in [0.2, 0.25) is 0 Å². The minimum Gasteiger partial charge on any atom is -0.342 e. The normalized spacial score (nSPS) is 25.4. The molecule has 2 rings (SSSR count). The number of hydrogen-bond acceptors (Lipinski definition) is 3. The molecule has 1 amide bonds.